The van der Waals surface area contributed by atoms with Crippen molar-refractivity contribution in [3.05, 3.63) is 22.7 Å². The molecule has 1 aliphatic heterocycles. The van der Waals surface area contributed by atoms with Crippen LogP contribution in [0.4, 0.5) is 5.69 Å². The topological polar surface area (TPSA) is 79.5 Å². The molecule has 3 heterocycles. The maximum absolute atomic E-state index is 12.6. The lowest BCUT2D eigenvalue weighted by Gasteiger charge is -2.22. The van der Waals surface area contributed by atoms with Gasteiger partial charge in [-0.15, -0.1) is 11.3 Å². The molecule has 0 aliphatic carbocycles. The van der Waals surface area contributed by atoms with Crippen LogP contribution in [0.3, 0.4) is 0 Å². The highest BCUT2D eigenvalue weighted by Crippen LogP contribution is 2.36. The summed E-state index contributed by atoms with van der Waals surface area (Å²) in [6.07, 6.45) is 3.51. The number of carbonyl (C=O) groups is 1. The van der Waals surface area contributed by atoms with Crippen LogP contribution in [0.1, 0.15) is 28.1 Å². The molecule has 0 saturated carbocycles. The van der Waals surface area contributed by atoms with Crippen molar-refractivity contribution in [3.63, 3.8) is 0 Å². The Labute approximate surface area is 121 Å². The number of fused-ring (bicyclic) bond motifs is 1. The molecule has 3 rings (SSSR count). The highest BCUT2D eigenvalue weighted by Gasteiger charge is 2.31. The largest absolute Gasteiger partial charge is 0.397 e. The molecule has 6 heteroatoms. The number of rotatable bonds is 2. The number of pyridine rings is 1. The van der Waals surface area contributed by atoms with E-state index in [-0.39, 0.29) is 18.6 Å². The molecule has 106 valence electrons. The lowest BCUT2D eigenvalue weighted by atomic mass is 10.1. The van der Waals surface area contributed by atoms with Crippen LogP contribution >= 0.6 is 11.3 Å². The number of nitrogen functional groups attached to an aromatic ring is 1. The summed E-state index contributed by atoms with van der Waals surface area (Å²) in [6, 6.07) is 1.81. The third-order valence-electron chi connectivity index (χ3n) is 3.88. The fraction of sp³-hybridized carbons (Fsp3) is 0.429. The zero-order valence-electron chi connectivity index (χ0n) is 11.3. The molecule has 1 aliphatic rings. The average Bonchev–Trinajstić information content (AvgIpc) is 3.03. The van der Waals surface area contributed by atoms with Crippen molar-refractivity contribution in [2.24, 2.45) is 0 Å². The van der Waals surface area contributed by atoms with Crippen LogP contribution in [-0.2, 0) is 0 Å². The molecule has 20 heavy (non-hydrogen) atoms. The summed E-state index contributed by atoms with van der Waals surface area (Å²) in [7, 11) is 0. The first-order valence-corrected chi connectivity index (χ1v) is 7.50. The molecular formula is C14H17N3O2S. The van der Waals surface area contributed by atoms with E-state index in [4.69, 9.17) is 5.73 Å². The predicted molar refractivity (Wildman–Crippen MR) is 79.9 cm³/mol. The first kappa shape index (κ1) is 13.3. The maximum atomic E-state index is 12.6. The molecule has 0 spiro atoms. The van der Waals surface area contributed by atoms with Crippen molar-refractivity contribution in [1.82, 2.24) is 9.88 Å². The summed E-state index contributed by atoms with van der Waals surface area (Å²) in [5.74, 6) is -0.0820. The minimum atomic E-state index is -0.0823. The number of aromatic nitrogens is 1. The number of nitrogens with zero attached hydrogens (tertiary/aromatic N) is 2. The van der Waals surface area contributed by atoms with Gasteiger partial charge in [-0.25, -0.2) is 4.98 Å². The van der Waals surface area contributed by atoms with Gasteiger partial charge in [0.1, 0.15) is 9.71 Å². The van der Waals surface area contributed by atoms with E-state index in [1.54, 1.807) is 11.1 Å². The van der Waals surface area contributed by atoms with E-state index < -0.39 is 0 Å². The summed E-state index contributed by atoms with van der Waals surface area (Å²) in [5, 5.41) is 10.2. The van der Waals surface area contributed by atoms with E-state index in [1.165, 1.54) is 11.3 Å². The molecule has 1 atom stereocenters. The standard InChI is InChI=1S/C14H17N3O2S/c1-8-4-5-16-13-10(8)11(15)12(20-13)14(19)17-6-2-3-9(17)7-18/h4-5,9,18H,2-3,6-7,15H2,1H3. The Morgan fingerprint density at radius 2 is 2.45 bits per heavy atom. The fourth-order valence-electron chi connectivity index (χ4n) is 2.79. The first-order valence-electron chi connectivity index (χ1n) is 6.69. The summed E-state index contributed by atoms with van der Waals surface area (Å²) >= 11 is 1.34. The molecule has 0 bridgehead atoms. The van der Waals surface area contributed by atoms with Crippen LogP contribution in [-0.4, -0.2) is 40.1 Å². The van der Waals surface area contributed by atoms with Crippen LogP contribution in [0.2, 0.25) is 0 Å². The minimum Gasteiger partial charge on any atom is -0.397 e. The Hall–Kier alpha value is -1.66. The quantitative estimate of drug-likeness (QED) is 0.884. The Morgan fingerprint density at radius 1 is 1.65 bits per heavy atom. The minimum absolute atomic E-state index is 0.00776. The maximum Gasteiger partial charge on any atom is 0.266 e. The lowest BCUT2D eigenvalue weighted by molar-refractivity contribution is 0.0683. The molecule has 0 radical (unpaired) electrons. The van der Waals surface area contributed by atoms with E-state index in [0.717, 1.165) is 28.6 Å². The third-order valence-corrected chi connectivity index (χ3v) is 4.98. The zero-order chi connectivity index (χ0) is 14.3. The van der Waals surface area contributed by atoms with Gasteiger partial charge in [0.25, 0.3) is 5.91 Å². The van der Waals surface area contributed by atoms with Crippen molar-refractivity contribution >= 4 is 33.1 Å². The molecule has 1 saturated heterocycles. The van der Waals surface area contributed by atoms with Crippen LogP contribution in [0.15, 0.2) is 12.3 Å². The summed E-state index contributed by atoms with van der Waals surface area (Å²) < 4.78 is 0. The summed E-state index contributed by atoms with van der Waals surface area (Å²) in [4.78, 5) is 20.0. The van der Waals surface area contributed by atoms with Crippen LogP contribution in [0, 0.1) is 6.92 Å². The predicted octanol–water partition coefficient (Wildman–Crippen LogP) is 1.78. The molecule has 5 nitrogen and oxygen atoms in total. The van der Waals surface area contributed by atoms with E-state index in [9.17, 15) is 9.90 Å². The normalized spacial score (nSPS) is 18.9. The number of nitrogens with two attached hydrogens (primary N) is 1. The van der Waals surface area contributed by atoms with Gasteiger partial charge in [0.2, 0.25) is 0 Å². The highest BCUT2D eigenvalue weighted by atomic mass is 32.1. The molecule has 3 N–H and O–H groups in total. The van der Waals surface area contributed by atoms with Gasteiger partial charge in [-0.05, 0) is 31.4 Å². The molecule has 1 amide bonds. The second kappa shape index (κ2) is 5.03. The number of amides is 1. The molecule has 2 aromatic heterocycles. The average molecular weight is 291 g/mol. The first-order chi connectivity index (χ1) is 9.63. The molecule has 1 fully saturated rings. The highest BCUT2D eigenvalue weighted by molar-refractivity contribution is 7.21. The number of aliphatic hydroxyl groups excluding tert-OH is 1. The van der Waals surface area contributed by atoms with Gasteiger partial charge in [-0.3, -0.25) is 4.79 Å². The third kappa shape index (κ3) is 1.96. The fourth-order valence-corrected chi connectivity index (χ4v) is 3.88. The van der Waals surface area contributed by atoms with Crippen molar-refractivity contribution < 1.29 is 9.90 Å². The van der Waals surface area contributed by atoms with E-state index in [2.05, 4.69) is 4.98 Å². The van der Waals surface area contributed by atoms with Crippen LogP contribution in [0.25, 0.3) is 10.2 Å². The number of hydrogen-bond acceptors (Lipinski definition) is 5. The van der Waals surface area contributed by atoms with Crippen molar-refractivity contribution in [2.45, 2.75) is 25.8 Å². The Balaban J connectivity index is 2.04. The van der Waals surface area contributed by atoms with E-state index in [1.807, 2.05) is 13.0 Å². The van der Waals surface area contributed by atoms with E-state index >= 15 is 0 Å². The van der Waals surface area contributed by atoms with Gasteiger partial charge in [0.15, 0.2) is 0 Å². The van der Waals surface area contributed by atoms with Crippen LogP contribution < -0.4 is 5.73 Å². The van der Waals surface area contributed by atoms with Crippen molar-refractivity contribution in [3.8, 4) is 0 Å². The number of aliphatic hydroxyl groups is 1. The zero-order valence-corrected chi connectivity index (χ0v) is 12.1. The van der Waals surface area contributed by atoms with Gasteiger partial charge in [-0.1, -0.05) is 0 Å². The molecule has 0 aromatic carbocycles. The second-order valence-electron chi connectivity index (χ2n) is 5.13. The van der Waals surface area contributed by atoms with Crippen molar-refractivity contribution in [2.75, 3.05) is 18.9 Å². The number of aryl methyl sites for hydroxylation is 1. The number of thiophene rings is 1. The Kier molecular flexibility index (Phi) is 3.35. The lowest BCUT2D eigenvalue weighted by Crippen LogP contribution is -2.37. The van der Waals surface area contributed by atoms with Gasteiger partial charge in [0, 0.05) is 18.1 Å². The smallest absolute Gasteiger partial charge is 0.266 e. The van der Waals surface area contributed by atoms with Crippen molar-refractivity contribution in [1.29, 1.82) is 0 Å². The number of carbonyl (C=O) groups excluding carboxylic acids is 1. The number of likely N-dealkylation sites (tertiary alicyclic amines) is 1. The van der Waals surface area contributed by atoms with Gasteiger partial charge in [0.05, 0.1) is 18.3 Å². The van der Waals surface area contributed by atoms with Crippen LogP contribution in [0.5, 0.6) is 0 Å². The monoisotopic (exact) mass is 291 g/mol. The number of hydrogen-bond donors (Lipinski definition) is 2. The van der Waals surface area contributed by atoms with Gasteiger partial charge >= 0.3 is 0 Å². The Bertz CT molecular complexity index is 668. The van der Waals surface area contributed by atoms with Gasteiger partial charge in [-0.2, -0.15) is 0 Å². The number of anilines is 1. The molecule has 2 aromatic rings. The summed E-state index contributed by atoms with van der Waals surface area (Å²) in [6.45, 7) is 2.66. The Morgan fingerprint density at radius 3 is 3.15 bits per heavy atom. The molecule has 1 unspecified atom stereocenters. The second-order valence-corrected chi connectivity index (χ2v) is 6.13. The van der Waals surface area contributed by atoms with E-state index in [0.29, 0.717) is 17.1 Å². The SMILES string of the molecule is Cc1ccnc2sc(C(=O)N3CCCC3CO)c(N)c12. The van der Waals surface area contributed by atoms with Gasteiger partial charge < -0.3 is 15.7 Å². The summed E-state index contributed by atoms with van der Waals surface area (Å²) in [5.41, 5.74) is 7.70. The molecular weight excluding hydrogens is 274 g/mol.